The number of furan rings is 1. The summed E-state index contributed by atoms with van der Waals surface area (Å²) in [6.45, 7) is 5.98. The quantitative estimate of drug-likeness (QED) is 0.867. The topological polar surface area (TPSA) is 77.2 Å². The van der Waals surface area contributed by atoms with Crippen LogP contribution in [0.5, 0.6) is 0 Å². The molecule has 2 saturated heterocycles. The minimum absolute atomic E-state index is 0.124. The van der Waals surface area contributed by atoms with Gasteiger partial charge in [-0.1, -0.05) is 6.92 Å². The molecule has 2 N–H and O–H groups in total. The molecule has 0 unspecified atom stereocenters. The summed E-state index contributed by atoms with van der Waals surface area (Å²) in [5.41, 5.74) is -1.06. The first-order chi connectivity index (χ1) is 12.0. The Kier molecular flexibility index (Phi) is 5.81. The molecule has 0 saturated carbocycles. The predicted octanol–water partition coefficient (Wildman–Crippen LogP) is 1.86. The van der Waals surface area contributed by atoms with Crippen molar-refractivity contribution in [2.24, 2.45) is 5.92 Å². The van der Waals surface area contributed by atoms with Gasteiger partial charge in [-0.15, -0.1) is 0 Å². The van der Waals surface area contributed by atoms with Gasteiger partial charge in [0.25, 0.3) is 5.91 Å². The molecule has 0 aromatic carbocycles. The van der Waals surface area contributed by atoms with E-state index < -0.39 is 5.60 Å². The summed E-state index contributed by atoms with van der Waals surface area (Å²) in [4.78, 5) is 16.8. The van der Waals surface area contributed by atoms with Crippen molar-refractivity contribution < 1.29 is 19.4 Å². The molecule has 1 amide bonds. The maximum absolute atomic E-state index is 12.7. The van der Waals surface area contributed by atoms with Crippen LogP contribution in [-0.4, -0.2) is 64.3 Å². The highest BCUT2D eigenvalue weighted by Crippen LogP contribution is 2.24. The Morgan fingerprint density at radius 3 is 2.72 bits per heavy atom. The Labute approximate surface area is 149 Å². The third kappa shape index (κ3) is 4.63. The fraction of sp³-hybridized carbons (Fsp3) is 0.737. The zero-order valence-electron chi connectivity index (χ0n) is 15.1. The largest absolute Gasteiger partial charge is 0.455 e. The van der Waals surface area contributed by atoms with Gasteiger partial charge in [0.2, 0.25) is 0 Å². The summed E-state index contributed by atoms with van der Waals surface area (Å²) in [5, 5.41) is 19.5. The number of nitrogens with zero attached hydrogens (tertiary/aromatic N) is 2. The zero-order valence-corrected chi connectivity index (χ0v) is 15.1. The third-order valence-electron chi connectivity index (χ3n) is 5.63. The van der Waals surface area contributed by atoms with Gasteiger partial charge in [0, 0.05) is 13.1 Å². The van der Waals surface area contributed by atoms with Gasteiger partial charge in [0.15, 0.2) is 5.76 Å². The zero-order chi connectivity index (χ0) is 17.9. The lowest BCUT2D eigenvalue weighted by Crippen LogP contribution is -2.36. The van der Waals surface area contributed by atoms with Gasteiger partial charge in [0.05, 0.1) is 18.8 Å². The molecule has 2 fully saturated rings. The molecule has 0 bridgehead atoms. The summed E-state index contributed by atoms with van der Waals surface area (Å²) in [7, 11) is 0. The Bertz CT molecular complexity index is 580. The fourth-order valence-electron chi connectivity index (χ4n) is 3.71. The molecule has 6 nitrogen and oxygen atoms in total. The van der Waals surface area contributed by atoms with Crippen LogP contribution in [0.1, 0.15) is 55.3 Å². The van der Waals surface area contributed by atoms with Crippen LogP contribution in [0.4, 0.5) is 0 Å². The molecule has 2 aliphatic rings. The van der Waals surface area contributed by atoms with E-state index in [1.54, 1.807) is 11.0 Å². The van der Waals surface area contributed by atoms with E-state index in [4.69, 9.17) is 4.42 Å². The predicted molar refractivity (Wildman–Crippen MR) is 94.2 cm³/mol. The standard InChI is InChI=1S/C19H30N2O4/c1-15-5-10-20(11-6-15)13-16-3-4-17(25-16)18(23)21-9-2-7-19(24,14-22)8-12-21/h3-4,15,22,24H,2,5-14H2,1H3/t19-/m0/s1. The molecule has 1 aromatic heterocycles. The van der Waals surface area contributed by atoms with E-state index in [0.29, 0.717) is 38.1 Å². The van der Waals surface area contributed by atoms with Crippen molar-refractivity contribution in [3.63, 3.8) is 0 Å². The van der Waals surface area contributed by atoms with E-state index in [0.717, 1.165) is 31.3 Å². The molecule has 1 aromatic rings. The maximum Gasteiger partial charge on any atom is 0.289 e. The Hall–Kier alpha value is -1.37. The molecule has 0 radical (unpaired) electrons. The Morgan fingerprint density at radius 2 is 2.00 bits per heavy atom. The molecule has 140 valence electrons. The molecular formula is C19H30N2O4. The van der Waals surface area contributed by atoms with Crippen LogP contribution >= 0.6 is 0 Å². The van der Waals surface area contributed by atoms with Crippen LogP contribution in [0.25, 0.3) is 0 Å². The molecule has 0 spiro atoms. The van der Waals surface area contributed by atoms with Crippen LogP contribution in [-0.2, 0) is 6.54 Å². The molecular weight excluding hydrogens is 320 g/mol. The molecule has 3 rings (SSSR count). The number of piperidine rings is 1. The number of amides is 1. The molecule has 2 aliphatic heterocycles. The molecule has 3 heterocycles. The van der Waals surface area contributed by atoms with Crippen LogP contribution in [0.3, 0.4) is 0 Å². The van der Waals surface area contributed by atoms with Gasteiger partial charge >= 0.3 is 0 Å². The number of aliphatic hydroxyl groups is 2. The number of aliphatic hydroxyl groups excluding tert-OH is 1. The minimum Gasteiger partial charge on any atom is -0.455 e. The van der Waals surface area contributed by atoms with Gasteiger partial charge < -0.3 is 19.5 Å². The maximum atomic E-state index is 12.7. The van der Waals surface area contributed by atoms with Crippen LogP contribution in [0.15, 0.2) is 16.5 Å². The highest BCUT2D eigenvalue weighted by molar-refractivity contribution is 5.91. The van der Waals surface area contributed by atoms with E-state index in [9.17, 15) is 15.0 Å². The first-order valence-electron chi connectivity index (χ1n) is 9.43. The first-order valence-corrected chi connectivity index (χ1v) is 9.43. The van der Waals surface area contributed by atoms with E-state index >= 15 is 0 Å². The van der Waals surface area contributed by atoms with Crippen molar-refractivity contribution in [1.29, 1.82) is 0 Å². The van der Waals surface area contributed by atoms with Crippen molar-refractivity contribution in [1.82, 2.24) is 9.80 Å². The van der Waals surface area contributed by atoms with E-state index in [2.05, 4.69) is 11.8 Å². The highest BCUT2D eigenvalue weighted by Gasteiger charge is 2.31. The van der Waals surface area contributed by atoms with E-state index in [-0.39, 0.29) is 12.5 Å². The summed E-state index contributed by atoms with van der Waals surface area (Å²) >= 11 is 0. The molecule has 25 heavy (non-hydrogen) atoms. The lowest BCUT2D eigenvalue weighted by atomic mass is 9.96. The van der Waals surface area contributed by atoms with Crippen molar-refractivity contribution >= 4 is 5.91 Å². The normalized spacial score (nSPS) is 26.6. The van der Waals surface area contributed by atoms with E-state index in [1.807, 2.05) is 6.07 Å². The average molecular weight is 350 g/mol. The smallest absolute Gasteiger partial charge is 0.289 e. The first kappa shape index (κ1) is 18.4. The van der Waals surface area contributed by atoms with Crippen LogP contribution in [0.2, 0.25) is 0 Å². The molecule has 6 heteroatoms. The fourth-order valence-corrected chi connectivity index (χ4v) is 3.71. The van der Waals surface area contributed by atoms with Gasteiger partial charge in [0.1, 0.15) is 5.76 Å². The lowest BCUT2D eigenvalue weighted by Gasteiger charge is -2.29. The van der Waals surface area contributed by atoms with Crippen molar-refractivity contribution in [3.05, 3.63) is 23.7 Å². The number of hydrogen-bond acceptors (Lipinski definition) is 5. The van der Waals surface area contributed by atoms with Crippen molar-refractivity contribution in [2.45, 2.75) is 51.2 Å². The SMILES string of the molecule is CC1CCN(Cc2ccc(C(=O)N3CCC[C@@](O)(CO)CC3)o2)CC1. The van der Waals surface area contributed by atoms with Gasteiger partial charge in [-0.25, -0.2) is 0 Å². The summed E-state index contributed by atoms with van der Waals surface area (Å²) in [5.74, 6) is 1.88. The highest BCUT2D eigenvalue weighted by atomic mass is 16.4. The Balaban J connectivity index is 1.57. The number of likely N-dealkylation sites (tertiary alicyclic amines) is 2. The summed E-state index contributed by atoms with van der Waals surface area (Å²) in [6, 6.07) is 3.65. The summed E-state index contributed by atoms with van der Waals surface area (Å²) in [6.07, 6.45) is 4.03. The van der Waals surface area contributed by atoms with Gasteiger partial charge in [-0.2, -0.15) is 0 Å². The second-order valence-corrected chi connectivity index (χ2v) is 7.75. The lowest BCUT2D eigenvalue weighted by molar-refractivity contribution is -0.0251. The monoisotopic (exact) mass is 350 g/mol. The minimum atomic E-state index is -1.06. The number of carbonyl (C=O) groups is 1. The third-order valence-corrected chi connectivity index (χ3v) is 5.63. The van der Waals surface area contributed by atoms with Crippen molar-refractivity contribution in [2.75, 3.05) is 32.8 Å². The Morgan fingerprint density at radius 1 is 1.24 bits per heavy atom. The second kappa shape index (κ2) is 7.89. The number of rotatable bonds is 4. The second-order valence-electron chi connectivity index (χ2n) is 7.75. The number of carbonyl (C=O) groups excluding carboxylic acids is 1. The summed E-state index contributed by atoms with van der Waals surface area (Å²) < 4.78 is 5.80. The van der Waals surface area contributed by atoms with Crippen molar-refractivity contribution in [3.8, 4) is 0 Å². The van der Waals surface area contributed by atoms with E-state index in [1.165, 1.54) is 12.8 Å². The molecule has 1 atom stereocenters. The average Bonchev–Trinajstić information content (AvgIpc) is 2.98. The van der Waals surface area contributed by atoms with Crippen LogP contribution < -0.4 is 0 Å². The van der Waals surface area contributed by atoms with Gasteiger partial charge in [-0.3, -0.25) is 9.69 Å². The molecule has 0 aliphatic carbocycles. The van der Waals surface area contributed by atoms with Gasteiger partial charge in [-0.05, 0) is 63.2 Å². The van der Waals surface area contributed by atoms with Crippen LogP contribution in [0, 0.1) is 5.92 Å². The number of hydrogen-bond donors (Lipinski definition) is 2.